The molecule has 5 atom stereocenters. The molecule has 3 unspecified atom stereocenters. The monoisotopic (exact) mass is 416 g/mol. The third kappa shape index (κ3) is 3.00. The number of halogens is 1. The molecule has 5 aliphatic heterocycles. The molecule has 4 saturated heterocycles. The summed E-state index contributed by atoms with van der Waals surface area (Å²) in [6.07, 6.45) is 8.69. The largest absolute Gasteiger partial charge is 0.489 e. The van der Waals surface area contributed by atoms with Gasteiger partial charge in [0.05, 0.1) is 11.7 Å². The Hall–Kier alpha value is -1.30. The number of benzene rings is 1. The molecule has 156 valence electrons. The number of fused-ring (bicyclic) bond motifs is 4. The maximum Gasteiger partial charge on any atom is 0.255 e. The van der Waals surface area contributed by atoms with E-state index in [1.54, 1.807) is 6.07 Å². The van der Waals surface area contributed by atoms with Gasteiger partial charge in [-0.2, -0.15) is 0 Å². The van der Waals surface area contributed by atoms with Crippen molar-refractivity contribution in [2.75, 3.05) is 6.54 Å². The summed E-state index contributed by atoms with van der Waals surface area (Å²) in [4.78, 5) is 15.7. The maximum absolute atomic E-state index is 13.3. The van der Waals surface area contributed by atoms with Gasteiger partial charge in [-0.1, -0.05) is 18.0 Å². The first-order valence-corrected chi connectivity index (χ1v) is 11.7. The van der Waals surface area contributed by atoms with E-state index in [2.05, 4.69) is 10.2 Å². The highest BCUT2D eigenvalue weighted by Gasteiger charge is 2.49. The molecule has 1 saturated carbocycles. The SMILES string of the molecule is O=C(NC1CC2CC3CC(C1)N2CC3O)c1cc(Cl)cc2c1O[C@H]1CCCC[C@H]21. The lowest BCUT2D eigenvalue weighted by Gasteiger charge is -2.57. The van der Waals surface area contributed by atoms with Crippen LogP contribution in [0.3, 0.4) is 0 Å². The summed E-state index contributed by atoms with van der Waals surface area (Å²) in [7, 11) is 0. The average Bonchev–Trinajstić information content (AvgIpc) is 3.06. The average molecular weight is 417 g/mol. The predicted octanol–water partition coefficient (Wildman–Crippen LogP) is 3.47. The zero-order valence-corrected chi connectivity index (χ0v) is 17.4. The fourth-order valence-corrected chi connectivity index (χ4v) is 7.10. The molecule has 4 bridgehead atoms. The van der Waals surface area contributed by atoms with Crippen LogP contribution in [0.4, 0.5) is 0 Å². The summed E-state index contributed by atoms with van der Waals surface area (Å²) in [6.45, 7) is 0.805. The van der Waals surface area contributed by atoms with Crippen molar-refractivity contribution < 1.29 is 14.6 Å². The van der Waals surface area contributed by atoms with Crippen LogP contribution in [0.15, 0.2) is 12.1 Å². The van der Waals surface area contributed by atoms with Gasteiger partial charge in [0, 0.05) is 41.2 Å². The van der Waals surface area contributed by atoms with E-state index in [4.69, 9.17) is 16.3 Å². The molecule has 1 amide bonds. The van der Waals surface area contributed by atoms with Crippen molar-refractivity contribution in [3.05, 3.63) is 28.3 Å². The van der Waals surface area contributed by atoms with Crippen LogP contribution >= 0.6 is 11.6 Å². The minimum Gasteiger partial charge on any atom is -0.489 e. The van der Waals surface area contributed by atoms with E-state index in [9.17, 15) is 9.90 Å². The van der Waals surface area contributed by atoms with E-state index in [1.165, 1.54) is 12.8 Å². The smallest absolute Gasteiger partial charge is 0.255 e. The van der Waals surface area contributed by atoms with Gasteiger partial charge < -0.3 is 15.2 Å². The van der Waals surface area contributed by atoms with E-state index in [0.717, 1.165) is 56.4 Å². The van der Waals surface area contributed by atoms with Crippen molar-refractivity contribution in [1.29, 1.82) is 0 Å². The second kappa shape index (κ2) is 6.86. The van der Waals surface area contributed by atoms with Gasteiger partial charge in [-0.3, -0.25) is 9.69 Å². The lowest BCUT2D eigenvalue weighted by Crippen LogP contribution is -2.65. The molecule has 2 N–H and O–H groups in total. The van der Waals surface area contributed by atoms with Crippen molar-refractivity contribution >= 4 is 17.5 Å². The van der Waals surface area contributed by atoms with E-state index in [-0.39, 0.29) is 24.2 Å². The third-order valence-electron chi connectivity index (χ3n) is 8.18. The molecule has 1 aliphatic carbocycles. The van der Waals surface area contributed by atoms with Gasteiger partial charge in [0.15, 0.2) is 0 Å². The second-order valence-corrected chi connectivity index (χ2v) is 10.3. The standard InChI is InChI=1S/C23H29ClN2O3/c24-13-7-18-17-3-1-2-4-21(17)29-22(18)19(8-13)23(28)25-14-9-15-5-12-6-16(10-14)26(15)11-20(12)27/h7-8,12,14-17,20-21,27H,1-6,9-11H2,(H,25,28)/t12?,14?,15?,16?,17-,20?,21+/m1/s1. The van der Waals surface area contributed by atoms with E-state index in [0.29, 0.717) is 34.5 Å². The number of piperidine rings is 4. The Bertz CT molecular complexity index is 830. The number of ether oxygens (including phenoxy) is 1. The molecule has 5 heterocycles. The molecular weight excluding hydrogens is 388 g/mol. The number of rotatable bonds is 2. The Morgan fingerprint density at radius 2 is 1.90 bits per heavy atom. The van der Waals surface area contributed by atoms with Crippen molar-refractivity contribution in [1.82, 2.24) is 10.2 Å². The highest BCUT2D eigenvalue weighted by molar-refractivity contribution is 6.31. The van der Waals surface area contributed by atoms with Gasteiger partial charge in [-0.05, 0) is 63.0 Å². The second-order valence-electron chi connectivity index (χ2n) is 9.86. The van der Waals surface area contributed by atoms with Crippen LogP contribution in [-0.4, -0.2) is 52.8 Å². The molecule has 0 aromatic heterocycles. The first kappa shape index (κ1) is 18.5. The Morgan fingerprint density at radius 3 is 2.66 bits per heavy atom. The first-order valence-electron chi connectivity index (χ1n) is 11.3. The number of aliphatic hydroxyl groups excluding tert-OH is 1. The molecule has 6 aliphatic rings. The Morgan fingerprint density at radius 1 is 1.14 bits per heavy atom. The van der Waals surface area contributed by atoms with Crippen LogP contribution in [0.1, 0.15) is 73.2 Å². The predicted molar refractivity (Wildman–Crippen MR) is 111 cm³/mol. The number of hydrogen-bond donors (Lipinski definition) is 2. The van der Waals surface area contributed by atoms with Gasteiger partial charge in [0.1, 0.15) is 11.9 Å². The summed E-state index contributed by atoms with van der Waals surface area (Å²) < 4.78 is 6.28. The zero-order valence-electron chi connectivity index (χ0n) is 16.6. The topological polar surface area (TPSA) is 61.8 Å². The Balaban J connectivity index is 1.21. The van der Waals surface area contributed by atoms with Gasteiger partial charge in [0.2, 0.25) is 0 Å². The molecule has 5 nitrogen and oxygen atoms in total. The quantitative estimate of drug-likeness (QED) is 0.774. The van der Waals surface area contributed by atoms with E-state index in [1.807, 2.05) is 6.07 Å². The normalized spacial score (nSPS) is 42.0. The number of carbonyl (C=O) groups excluding carboxylic acids is 1. The van der Waals surface area contributed by atoms with Crippen molar-refractivity contribution in [3.8, 4) is 5.75 Å². The number of nitrogens with one attached hydrogen (secondary N) is 1. The summed E-state index contributed by atoms with van der Waals surface area (Å²) in [5.41, 5.74) is 1.74. The van der Waals surface area contributed by atoms with Crippen molar-refractivity contribution in [2.24, 2.45) is 5.92 Å². The lowest BCUT2D eigenvalue weighted by molar-refractivity contribution is -0.110. The first-order chi connectivity index (χ1) is 14.1. The van der Waals surface area contributed by atoms with E-state index >= 15 is 0 Å². The molecule has 0 spiro atoms. The van der Waals surface area contributed by atoms with Crippen LogP contribution in [0, 0.1) is 5.92 Å². The van der Waals surface area contributed by atoms with E-state index < -0.39 is 0 Å². The summed E-state index contributed by atoms with van der Waals surface area (Å²) in [5.74, 6) is 1.55. The van der Waals surface area contributed by atoms with Gasteiger partial charge >= 0.3 is 0 Å². The fraction of sp³-hybridized carbons (Fsp3) is 0.696. The van der Waals surface area contributed by atoms with Gasteiger partial charge in [0.25, 0.3) is 5.91 Å². The van der Waals surface area contributed by atoms with Crippen molar-refractivity contribution in [2.45, 2.75) is 87.6 Å². The fourth-order valence-electron chi connectivity index (χ4n) is 6.87. The summed E-state index contributed by atoms with van der Waals surface area (Å²) >= 11 is 6.41. The zero-order chi connectivity index (χ0) is 19.7. The maximum atomic E-state index is 13.3. The van der Waals surface area contributed by atoms with Crippen LogP contribution in [0.25, 0.3) is 0 Å². The van der Waals surface area contributed by atoms with Crippen LogP contribution in [-0.2, 0) is 0 Å². The molecular formula is C23H29ClN2O3. The van der Waals surface area contributed by atoms with Gasteiger partial charge in [-0.15, -0.1) is 0 Å². The number of amides is 1. The number of carbonyl (C=O) groups is 1. The molecule has 5 fully saturated rings. The number of hydrogen-bond acceptors (Lipinski definition) is 4. The summed E-state index contributed by atoms with van der Waals surface area (Å²) in [6, 6.07) is 4.95. The number of nitrogens with zero attached hydrogens (tertiary/aromatic N) is 1. The molecule has 29 heavy (non-hydrogen) atoms. The highest BCUT2D eigenvalue weighted by Crippen LogP contribution is 2.48. The highest BCUT2D eigenvalue weighted by atomic mass is 35.5. The number of aliphatic hydroxyl groups is 1. The van der Waals surface area contributed by atoms with Crippen molar-refractivity contribution in [3.63, 3.8) is 0 Å². The molecule has 1 aromatic carbocycles. The lowest BCUT2D eigenvalue weighted by atomic mass is 9.70. The minimum atomic E-state index is -0.164. The van der Waals surface area contributed by atoms with Gasteiger partial charge in [-0.25, -0.2) is 0 Å². The molecule has 0 radical (unpaired) electrons. The van der Waals surface area contributed by atoms with Crippen LogP contribution in [0.2, 0.25) is 5.02 Å². The molecule has 6 heteroatoms. The third-order valence-corrected chi connectivity index (χ3v) is 8.39. The Labute approximate surface area is 176 Å². The molecule has 1 aromatic rings. The van der Waals surface area contributed by atoms with Crippen LogP contribution in [0.5, 0.6) is 5.75 Å². The van der Waals surface area contributed by atoms with Crippen LogP contribution < -0.4 is 10.1 Å². The molecule has 7 rings (SSSR count). The Kier molecular flexibility index (Phi) is 4.37. The summed E-state index contributed by atoms with van der Waals surface area (Å²) in [5, 5.41) is 14.1. The minimum absolute atomic E-state index is 0.0486.